The molecule has 0 aliphatic carbocycles. The van der Waals surface area contributed by atoms with E-state index in [-0.39, 0.29) is 11.7 Å². The minimum absolute atomic E-state index is 0.00941. The third-order valence-corrected chi connectivity index (χ3v) is 4.29. The van der Waals surface area contributed by atoms with Crippen molar-refractivity contribution < 1.29 is 13.2 Å². The Kier molecular flexibility index (Phi) is 4.72. The fourth-order valence-corrected chi connectivity index (χ4v) is 2.74. The summed E-state index contributed by atoms with van der Waals surface area (Å²) in [6.45, 7) is 3.23. The van der Waals surface area contributed by atoms with Gasteiger partial charge in [0.25, 0.3) is 5.91 Å². The van der Waals surface area contributed by atoms with Crippen LogP contribution >= 0.6 is 0 Å². The Hall–Kier alpha value is -1.47. The molecule has 1 aliphatic heterocycles. The van der Waals surface area contributed by atoms with Crippen LogP contribution in [0.25, 0.3) is 0 Å². The van der Waals surface area contributed by atoms with Crippen LogP contribution in [-0.2, 0) is 9.84 Å². The van der Waals surface area contributed by atoms with Gasteiger partial charge in [-0.15, -0.1) is 0 Å². The van der Waals surface area contributed by atoms with Crippen LogP contribution in [0.5, 0.6) is 0 Å². The number of carbonyl (C=O) groups is 1. The molecule has 1 aromatic heterocycles. The molecular formula is C13H19N3O3S. The number of carbonyl (C=O) groups excluding carboxylic acids is 1. The summed E-state index contributed by atoms with van der Waals surface area (Å²) in [5.74, 6) is 0.181. The summed E-state index contributed by atoms with van der Waals surface area (Å²) in [6, 6.07) is 3.41. The van der Waals surface area contributed by atoms with Crippen LogP contribution in [0.4, 0.5) is 0 Å². The molecule has 0 aromatic carbocycles. The average molecular weight is 297 g/mol. The number of aromatic nitrogens is 1. The van der Waals surface area contributed by atoms with Crippen molar-refractivity contribution in [3.8, 4) is 0 Å². The van der Waals surface area contributed by atoms with Gasteiger partial charge in [-0.1, -0.05) is 0 Å². The van der Waals surface area contributed by atoms with Gasteiger partial charge in [0.05, 0.1) is 5.75 Å². The van der Waals surface area contributed by atoms with Crippen molar-refractivity contribution in [2.75, 3.05) is 44.7 Å². The molecule has 0 bridgehead atoms. The molecule has 1 amide bonds. The van der Waals surface area contributed by atoms with Crippen molar-refractivity contribution in [1.29, 1.82) is 0 Å². The average Bonchev–Trinajstić information content (AvgIpc) is 2.45. The molecule has 0 saturated carbocycles. The van der Waals surface area contributed by atoms with Gasteiger partial charge in [-0.3, -0.25) is 14.7 Å². The van der Waals surface area contributed by atoms with E-state index in [1.54, 1.807) is 29.4 Å². The van der Waals surface area contributed by atoms with Crippen LogP contribution in [0.1, 0.15) is 10.4 Å². The lowest BCUT2D eigenvalue weighted by Gasteiger charge is -2.34. The van der Waals surface area contributed by atoms with Crippen molar-refractivity contribution >= 4 is 15.7 Å². The third kappa shape index (κ3) is 4.28. The molecular weight excluding hydrogens is 278 g/mol. The Labute approximate surface area is 119 Å². The fraction of sp³-hybridized carbons (Fsp3) is 0.538. The Morgan fingerprint density at radius 3 is 2.35 bits per heavy atom. The standard InChI is InChI=1S/C13H19N3O3S/c1-20(18,19)11-10-15-6-8-16(9-7-15)13(17)12-2-4-14-5-3-12/h2-5H,6-11H2,1H3. The molecule has 0 unspecified atom stereocenters. The van der Waals surface area contributed by atoms with Gasteiger partial charge in [0, 0.05) is 56.9 Å². The van der Waals surface area contributed by atoms with Crippen molar-refractivity contribution in [1.82, 2.24) is 14.8 Å². The van der Waals surface area contributed by atoms with E-state index in [1.165, 1.54) is 6.26 Å². The van der Waals surface area contributed by atoms with Gasteiger partial charge in [0.2, 0.25) is 0 Å². The smallest absolute Gasteiger partial charge is 0.254 e. The zero-order valence-electron chi connectivity index (χ0n) is 11.5. The van der Waals surface area contributed by atoms with Gasteiger partial charge >= 0.3 is 0 Å². The second-order valence-electron chi connectivity index (χ2n) is 5.00. The monoisotopic (exact) mass is 297 g/mol. The number of hydrogen-bond acceptors (Lipinski definition) is 5. The number of amides is 1. The predicted molar refractivity (Wildman–Crippen MR) is 76.3 cm³/mol. The molecule has 1 fully saturated rings. The second kappa shape index (κ2) is 6.32. The first-order valence-corrected chi connectivity index (χ1v) is 8.61. The van der Waals surface area contributed by atoms with E-state index < -0.39 is 9.84 Å². The van der Waals surface area contributed by atoms with Crippen LogP contribution in [-0.4, -0.2) is 73.8 Å². The summed E-state index contributed by atoms with van der Waals surface area (Å²) in [4.78, 5) is 20.0. The number of pyridine rings is 1. The molecule has 110 valence electrons. The zero-order chi connectivity index (χ0) is 14.6. The molecule has 2 rings (SSSR count). The van der Waals surface area contributed by atoms with E-state index in [9.17, 15) is 13.2 Å². The minimum Gasteiger partial charge on any atom is -0.336 e. The zero-order valence-corrected chi connectivity index (χ0v) is 12.3. The highest BCUT2D eigenvalue weighted by Crippen LogP contribution is 2.08. The number of hydrogen-bond donors (Lipinski definition) is 0. The molecule has 0 spiro atoms. The molecule has 0 N–H and O–H groups in total. The molecule has 6 nitrogen and oxygen atoms in total. The van der Waals surface area contributed by atoms with Gasteiger partial charge < -0.3 is 4.90 Å². The third-order valence-electron chi connectivity index (χ3n) is 3.37. The first-order chi connectivity index (χ1) is 9.46. The molecule has 1 saturated heterocycles. The van der Waals surface area contributed by atoms with E-state index in [4.69, 9.17) is 0 Å². The molecule has 0 atom stereocenters. The maximum absolute atomic E-state index is 12.2. The van der Waals surface area contributed by atoms with Crippen LogP contribution < -0.4 is 0 Å². The minimum atomic E-state index is -2.93. The van der Waals surface area contributed by atoms with E-state index >= 15 is 0 Å². The predicted octanol–water partition coefficient (Wildman–Crippen LogP) is -0.116. The van der Waals surface area contributed by atoms with Crippen LogP contribution in [0, 0.1) is 0 Å². The molecule has 2 heterocycles. The van der Waals surface area contributed by atoms with E-state index in [1.807, 2.05) is 0 Å². The molecule has 1 aromatic rings. The van der Waals surface area contributed by atoms with E-state index in [0.717, 1.165) is 0 Å². The number of sulfone groups is 1. The SMILES string of the molecule is CS(=O)(=O)CCN1CCN(C(=O)c2ccncc2)CC1. The highest BCUT2D eigenvalue weighted by atomic mass is 32.2. The number of nitrogens with zero attached hydrogens (tertiary/aromatic N) is 3. The van der Waals surface area contributed by atoms with Gasteiger partial charge in [-0.05, 0) is 12.1 Å². The fourth-order valence-electron chi connectivity index (χ4n) is 2.15. The van der Waals surface area contributed by atoms with Gasteiger partial charge in [-0.2, -0.15) is 0 Å². The van der Waals surface area contributed by atoms with Gasteiger partial charge in [0.15, 0.2) is 0 Å². The number of piperazine rings is 1. The number of rotatable bonds is 4. The molecule has 0 radical (unpaired) electrons. The van der Waals surface area contributed by atoms with E-state index in [0.29, 0.717) is 38.3 Å². The van der Waals surface area contributed by atoms with Crippen molar-refractivity contribution in [3.63, 3.8) is 0 Å². The lowest BCUT2D eigenvalue weighted by molar-refractivity contribution is 0.0644. The lowest BCUT2D eigenvalue weighted by atomic mass is 10.2. The van der Waals surface area contributed by atoms with Crippen molar-refractivity contribution in [3.05, 3.63) is 30.1 Å². The van der Waals surface area contributed by atoms with Crippen LogP contribution in [0.15, 0.2) is 24.5 Å². The summed E-state index contributed by atoms with van der Waals surface area (Å²) in [6.07, 6.45) is 4.46. The molecule has 20 heavy (non-hydrogen) atoms. The Bertz CT molecular complexity index is 551. The summed E-state index contributed by atoms with van der Waals surface area (Å²) < 4.78 is 22.3. The normalized spacial score (nSPS) is 17.1. The Morgan fingerprint density at radius 1 is 1.20 bits per heavy atom. The highest BCUT2D eigenvalue weighted by molar-refractivity contribution is 7.90. The van der Waals surface area contributed by atoms with Crippen LogP contribution in [0.2, 0.25) is 0 Å². The molecule has 7 heteroatoms. The van der Waals surface area contributed by atoms with Crippen molar-refractivity contribution in [2.24, 2.45) is 0 Å². The van der Waals surface area contributed by atoms with Gasteiger partial charge in [-0.25, -0.2) is 8.42 Å². The summed E-state index contributed by atoms with van der Waals surface area (Å²) >= 11 is 0. The second-order valence-corrected chi connectivity index (χ2v) is 7.26. The first-order valence-electron chi connectivity index (χ1n) is 6.55. The lowest BCUT2D eigenvalue weighted by Crippen LogP contribution is -2.49. The topological polar surface area (TPSA) is 70.6 Å². The Morgan fingerprint density at radius 2 is 1.80 bits per heavy atom. The largest absolute Gasteiger partial charge is 0.336 e. The van der Waals surface area contributed by atoms with E-state index in [2.05, 4.69) is 9.88 Å². The summed E-state index contributed by atoms with van der Waals surface area (Å²) in [7, 11) is -2.93. The highest BCUT2D eigenvalue weighted by Gasteiger charge is 2.22. The maximum Gasteiger partial charge on any atom is 0.254 e. The van der Waals surface area contributed by atoms with Crippen LogP contribution in [0.3, 0.4) is 0 Å². The quantitative estimate of drug-likeness (QED) is 0.775. The first kappa shape index (κ1) is 14.9. The van der Waals surface area contributed by atoms with Gasteiger partial charge in [0.1, 0.15) is 9.84 Å². The Balaban J connectivity index is 1.84. The maximum atomic E-state index is 12.2. The summed E-state index contributed by atoms with van der Waals surface area (Å²) in [5.41, 5.74) is 0.643. The summed E-state index contributed by atoms with van der Waals surface area (Å²) in [5, 5.41) is 0. The molecule has 1 aliphatic rings. The van der Waals surface area contributed by atoms with Crippen molar-refractivity contribution in [2.45, 2.75) is 0 Å².